The maximum atomic E-state index is 11.8. The van der Waals surface area contributed by atoms with E-state index in [0.29, 0.717) is 18.9 Å². The number of carbonyl (C=O) groups is 1. The van der Waals surface area contributed by atoms with E-state index in [9.17, 15) is 4.79 Å². The lowest BCUT2D eigenvalue weighted by molar-refractivity contribution is -0.128. The molecule has 2 N–H and O–H groups in total. The molecule has 1 amide bonds. The number of nitrogens with two attached hydrogens (primary N) is 1. The molecule has 0 saturated carbocycles. The van der Waals surface area contributed by atoms with Gasteiger partial charge in [0, 0.05) is 31.5 Å². The van der Waals surface area contributed by atoms with E-state index in [1.165, 1.54) is 5.56 Å². The lowest BCUT2D eigenvalue weighted by atomic mass is 10.0. The van der Waals surface area contributed by atoms with Gasteiger partial charge in [-0.15, -0.1) is 0 Å². The van der Waals surface area contributed by atoms with Gasteiger partial charge < -0.3 is 10.6 Å². The van der Waals surface area contributed by atoms with E-state index >= 15 is 0 Å². The molecule has 2 rings (SSSR count). The number of rotatable bonds is 3. The van der Waals surface area contributed by atoms with Crippen LogP contribution in [0.15, 0.2) is 30.3 Å². The molecular formula is C13H18N2O. The third-order valence-corrected chi connectivity index (χ3v) is 3.20. The summed E-state index contributed by atoms with van der Waals surface area (Å²) in [5.74, 6) is 0.544. The van der Waals surface area contributed by atoms with Gasteiger partial charge in [-0.1, -0.05) is 30.3 Å². The highest BCUT2D eigenvalue weighted by atomic mass is 16.2. The van der Waals surface area contributed by atoms with Gasteiger partial charge in [0.15, 0.2) is 0 Å². The van der Waals surface area contributed by atoms with Gasteiger partial charge in [-0.25, -0.2) is 0 Å². The summed E-state index contributed by atoms with van der Waals surface area (Å²) in [6.07, 6.45) is 0.602. The Morgan fingerprint density at radius 2 is 2.12 bits per heavy atom. The van der Waals surface area contributed by atoms with Crippen LogP contribution in [-0.4, -0.2) is 23.4 Å². The quantitative estimate of drug-likeness (QED) is 0.833. The molecule has 0 unspecified atom stereocenters. The molecule has 1 fully saturated rings. The number of hydrogen-bond donors (Lipinski definition) is 1. The Balaban J connectivity index is 1.99. The predicted molar refractivity (Wildman–Crippen MR) is 63.6 cm³/mol. The molecule has 0 bridgehead atoms. The number of carbonyl (C=O) groups excluding carboxylic acids is 1. The molecule has 0 aromatic heterocycles. The first-order valence-electron chi connectivity index (χ1n) is 5.74. The van der Waals surface area contributed by atoms with Crippen molar-refractivity contribution in [2.75, 3.05) is 6.54 Å². The average molecular weight is 218 g/mol. The van der Waals surface area contributed by atoms with Gasteiger partial charge >= 0.3 is 0 Å². The van der Waals surface area contributed by atoms with Gasteiger partial charge in [0.05, 0.1) is 0 Å². The van der Waals surface area contributed by atoms with Crippen LogP contribution in [0.1, 0.15) is 18.9 Å². The zero-order valence-electron chi connectivity index (χ0n) is 9.60. The monoisotopic (exact) mass is 218 g/mol. The summed E-state index contributed by atoms with van der Waals surface area (Å²) in [5.41, 5.74) is 7.02. The van der Waals surface area contributed by atoms with Crippen LogP contribution in [0.5, 0.6) is 0 Å². The summed E-state index contributed by atoms with van der Waals surface area (Å²) in [7, 11) is 0. The summed E-state index contributed by atoms with van der Waals surface area (Å²) in [6.45, 7) is 3.48. The topological polar surface area (TPSA) is 46.3 Å². The van der Waals surface area contributed by atoms with Gasteiger partial charge in [0.2, 0.25) is 5.91 Å². The first-order chi connectivity index (χ1) is 7.66. The Morgan fingerprint density at radius 3 is 2.69 bits per heavy atom. The van der Waals surface area contributed by atoms with E-state index in [0.717, 1.165) is 6.54 Å². The maximum Gasteiger partial charge on any atom is 0.223 e. The molecule has 1 saturated heterocycles. The van der Waals surface area contributed by atoms with Crippen LogP contribution in [0.3, 0.4) is 0 Å². The summed E-state index contributed by atoms with van der Waals surface area (Å²) in [4.78, 5) is 13.7. The van der Waals surface area contributed by atoms with Gasteiger partial charge in [-0.2, -0.15) is 0 Å². The lowest BCUT2D eigenvalue weighted by Crippen LogP contribution is -2.30. The van der Waals surface area contributed by atoms with Crippen molar-refractivity contribution in [1.29, 1.82) is 0 Å². The number of likely N-dealkylation sites (tertiary alicyclic amines) is 1. The molecule has 0 aliphatic carbocycles. The van der Waals surface area contributed by atoms with Crippen LogP contribution in [-0.2, 0) is 11.3 Å². The lowest BCUT2D eigenvalue weighted by Gasteiger charge is -2.18. The third kappa shape index (κ3) is 2.42. The van der Waals surface area contributed by atoms with Crippen molar-refractivity contribution in [2.24, 2.45) is 11.7 Å². The highest BCUT2D eigenvalue weighted by Crippen LogP contribution is 2.21. The predicted octanol–water partition coefficient (Wildman–Crippen LogP) is 1.38. The molecular weight excluding hydrogens is 200 g/mol. The molecule has 1 heterocycles. The van der Waals surface area contributed by atoms with Crippen molar-refractivity contribution in [3.8, 4) is 0 Å². The fourth-order valence-corrected chi connectivity index (χ4v) is 2.11. The summed E-state index contributed by atoms with van der Waals surface area (Å²) in [6, 6.07) is 10.2. The van der Waals surface area contributed by atoms with Crippen LogP contribution < -0.4 is 5.73 Å². The smallest absolute Gasteiger partial charge is 0.223 e. The van der Waals surface area contributed by atoms with Gasteiger partial charge in [0.1, 0.15) is 0 Å². The molecule has 3 heteroatoms. The number of hydrogen-bond acceptors (Lipinski definition) is 2. The summed E-state index contributed by atoms with van der Waals surface area (Å²) < 4.78 is 0. The molecule has 1 aliphatic heterocycles. The van der Waals surface area contributed by atoms with Gasteiger partial charge in [0.25, 0.3) is 0 Å². The van der Waals surface area contributed by atoms with Crippen molar-refractivity contribution >= 4 is 5.91 Å². The fourth-order valence-electron chi connectivity index (χ4n) is 2.11. The molecule has 0 radical (unpaired) electrons. The Hall–Kier alpha value is -1.35. The van der Waals surface area contributed by atoms with E-state index in [1.54, 1.807) is 0 Å². The Bertz CT molecular complexity index is 361. The normalized spacial score (nSPS) is 22.5. The van der Waals surface area contributed by atoms with Crippen molar-refractivity contribution in [2.45, 2.75) is 25.9 Å². The molecule has 0 spiro atoms. The Kier molecular flexibility index (Phi) is 3.25. The second kappa shape index (κ2) is 4.66. The average Bonchev–Trinajstić information content (AvgIpc) is 2.62. The first kappa shape index (κ1) is 11.1. The number of amides is 1. The summed E-state index contributed by atoms with van der Waals surface area (Å²) >= 11 is 0. The first-order valence-corrected chi connectivity index (χ1v) is 5.74. The number of nitrogens with zero attached hydrogens (tertiary/aromatic N) is 1. The molecule has 2 atom stereocenters. The molecule has 1 aromatic rings. The molecule has 86 valence electrons. The minimum atomic E-state index is 0.102. The second-order valence-electron chi connectivity index (χ2n) is 4.58. The molecule has 1 aliphatic rings. The fraction of sp³-hybridized carbons (Fsp3) is 0.462. The standard InChI is InChI=1S/C13H18N2O/c1-10(14)12-7-13(16)15(9-12)8-11-5-3-2-4-6-11/h2-6,10,12H,7-9,14H2,1H3/t10-,12-/m0/s1. The van der Waals surface area contributed by atoms with E-state index in [4.69, 9.17) is 5.73 Å². The zero-order chi connectivity index (χ0) is 11.5. The van der Waals surface area contributed by atoms with Crippen LogP contribution in [0.4, 0.5) is 0 Å². The van der Waals surface area contributed by atoms with Crippen molar-refractivity contribution in [3.05, 3.63) is 35.9 Å². The highest BCUT2D eigenvalue weighted by Gasteiger charge is 2.31. The van der Waals surface area contributed by atoms with E-state index in [2.05, 4.69) is 0 Å². The van der Waals surface area contributed by atoms with Crippen molar-refractivity contribution in [3.63, 3.8) is 0 Å². The van der Waals surface area contributed by atoms with Gasteiger partial charge in [-0.05, 0) is 12.5 Å². The van der Waals surface area contributed by atoms with Crippen molar-refractivity contribution < 1.29 is 4.79 Å². The van der Waals surface area contributed by atoms with E-state index in [-0.39, 0.29) is 11.9 Å². The van der Waals surface area contributed by atoms with Crippen LogP contribution in [0, 0.1) is 5.92 Å². The molecule has 16 heavy (non-hydrogen) atoms. The Morgan fingerprint density at radius 1 is 1.44 bits per heavy atom. The summed E-state index contributed by atoms with van der Waals surface area (Å²) in [5, 5.41) is 0. The molecule has 1 aromatic carbocycles. The Labute approximate surface area is 96.2 Å². The SMILES string of the molecule is C[C@H](N)[C@H]1CC(=O)N(Cc2ccccc2)C1. The molecule has 3 nitrogen and oxygen atoms in total. The maximum absolute atomic E-state index is 11.8. The van der Waals surface area contributed by atoms with E-state index in [1.807, 2.05) is 42.2 Å². The largest absolute Gasteiger partial charge is 0.338 e. The minimum absolute atomic E-state index is 0.102. The van der Waals surface area contributed by atoms with Crippen LogP contribution in [0.25, 0.3) is 0 Å². The van der Waals surface area contributed by atoms with Crippen LogP contribution in [0.2, 0.25) is 0 Å². The zero-order valence-corrected chi connectivity index (χ0v) is 9.60. The highest BCUT2D eigenvalue weighted by molar-refractivity contribution is 5.78. The third-order valence-electron chi connectivity index (χ3n) is 3.20. The number of benzene rings is 1. The minimum Gasteiger partial charge on any atom is -0.338 e. The van der Waals surface area contributed by atoms with Crippen LogP contribution >= 0.6 is 0 Å². The second-order valence-corrected chi connectivity index (χ2v) is 4.58. The van der Waals surface area contributed by atoms with Crippen molar-refractivity contribution in [1.82, 2.24) is 4.90 Å². The van der Waals surface area contributed by atoms with Gasteiger partial charge in [-0.3, -0.25) is 4.79 Å². The van der Waals surface area contributed by atoms with E-state index < -0.39 is 0 Å².